The average molecular weight is 1000 g/mol. The lowest BCUT2D eigenvalue weighted by atomic mass is 10.1. The van der Waals surface area contributed by atoms with Gasteiger partial charge in [0.1, 0.15) is 13.2 Å². The van der Waals surface area contributed by atoms with Crippen LogP contribution in [0.1, 0.15) is 213 Å². The van der Waals surface area contributed by atoms with E-state index >= 15 is 0 Å². The molecule has 0 saturated carbocycles. The lowest BCUT2D eigenvalue weighted by Gasteiger charge is -2.18. The second-order valence-electron chi connectivity index (χ2n) is 18.3. The first-order valence-corrected chi connectivity index (χ1v) is 28.7. The molecule has 0 aromatic carbocycles. The number of hydrogen-bond donors (Lipinski definition) is 0. The Morgan fingerprint density at radius 1 is 0.301 bits per heavy atom. The summed E-state index contributed by atoms with van der Waals surface area (Å²) in [6.45, 7) is 6.30. The quantitative estimate of drug-likeness (QED) is 0.0199. The molecule has 0 fully saturated rings. The van der Waals surface area contributed by atoms with E-state index in [9.17, 15) is 14.4 Å². The SMILES string of the molecule is CC/C=C\C/C=C\C/C=C\C/C=C\C/C=C\C/C=C\CCC(=O)OCC(COC(=O)CCCCCCC\C=C/C=C\C=C/CCCCCCC)OC(=O)CCCCCCC\C=C/C=C\C=C/C=C\C=C/CCC. The van der Waals surface area contributed by atoms with Gasteiger partial charge < -0.3 is 14.2 Å². The number of allylic oxidation sites excluding steroid dienone is 28. The highest BCUT2D eigenvalue weighted by atomic mass is 16.6. The number of carbonyl (C=O) groups is 3. The molecular weight excluding hydrogens is 901 g/mol. The fourth-order valence-corrected chi connectivity index (χ4v) is 7.09. The van der Waals surface area contributed by atoms with Gasteiger partial charge in [-0.1, -0.05) is 262 Å². The highest BCUT2D eigenvalue weighted by Crippen LogP contribution is 2.12. The van der Waals surface area contributed by atoms with E-state index in [2.05, 4.69) is 142 Å². The van der Waals surface area contributed by atoms with Crippen molar-refractivity contribution < 1.29 is 28.6 Å². The van der Waals surface area contributed by atoms with Crippen LogP contribution in [0.3, 0.4) is 0 Å². The molecule has 6 nitrogen and oxygen atoms in total. The van der Waals surface area contributed by atoms with E-state index in [1.807, 2.05) is 48.6 Å². The number of unbranched alkanes of at least 4 members (excludes halogenated alkanes) is 16. The summed E-state index contributed by atoms with van der Waals surface area (Å²) >= 11 is 0. The minimum atomic E-state index is -0.842. The van der Waals surface area contributed by atoms with Crippen molar-refractivity contribution in [1.29, 1.82) is 0 Å². The second-order valence-corrected chi connectivity index (χ2v) is 18.3. The summed E-state index contributed by atoms with van der Waals surface area (Å²) in [6, 6.07) is 0. The molecule has 0 aliphatic rings. The normalized spacial score (nSPS) is 13.4. The van der Waals surface area contributed by atoms with Gasteiger partial charge in [0.2, 0.25) is 0 Å². The molecular formula is C67H102O6. The van der Waals surface area contributed by atoms with Gasteiger partial charge in [-0.2, -0.15) is 0 Å². The monoisotopic (exact) mass is 1000 g/mol. The molecule has 0 bridgehead atoms. The summed E-state index contributed by atoms with van der Waals surface area (Å²) < 4.78 is 16.8. The summed E-state index contributed by atoms with van der Waals surface area (Å²) in [6.07, 6.45) is 87.7. The molecule has 0 aliphatic heterocycles. The fraction of sp³-hybridized carbons (Fsp3) is 0.537. The first kappa shape index (κ1) is 67.8. The van der Waals surface area contributed by atoms with E-state index in [1.54, 1.807) is 0 Å². The Hall–Kier alpha value is -5.23. The average Bonchev–Trinajstić information content (AvgIpc) is 3.39. The zero-order valence-electron chi connectivity index (χ0n) is 46.3. The minimum absolute atomic E-state index is 0.132. The molecule has 0 saturated heterocycles. The molecule has 0 amide bonds. The van der Waals surface area contributed by atoms with E-state index in [0.29, 0.717) is 12.8 Å². The first-order chi connectivity index (χ1) is 36.0. The van der Waals surface area contributed by atoms with E-state index in [0.717, 1.165) is 128 Å². The predicted octanol–water partition coefficient (Wildman–Crippen LogP) is 19.5. The summed E-state index contributed by atoms with van der Waals surface area (Å²) in [5.74, 6) is -1.07. The van der Waals surface area contributed by atoms with Crippen LogP contribution in [0.15, 0.2) is 170 Å². The van der Waals surface area contributed by atoms with Crippen molar-refractivity contribution >= 4 is 17.9 Å². The molecule has 0 heterocycles. The third-order valence-electron chi connectivity index (χ3n) is 11.4. The lowest BCUT2D eigenvalue weighted by Crippen LogP contribution is -2.30. The van der Waals surface area contributed by atoms with Crippen LogP contribution in [-0.2, 0) is 28.6 Å². The molecule has 0 aromatic rings. The summed E-state index contributed by atoms with van der Waals surface area (Å²) in [5, 5.41) is 0. The zero-order valence-corrected chi connectivity index (χ0v) is 46.3. The van der Waals surface area contributed by atoms with Crippen molar-refractivity contribution in [2.24, 2.45) is 0 Å². The van der Waals surface area contributed by atoms with Gasteiger partial charge in [-0.15, -0.1) is 0 Å². The van der Waals surface area contributed by atoms with Gasteiger partial charge in [-0.3, -0.25) is 14.4 Å². The van der Waals surface area contributed by atoms with Crippen LogP contribution in [0, 0.1) is 0 Å². The van der Waals surface area contributed by atoms with Crippen molar-refractivity contribution in [1.82, 2.24) is 0 Å². The van der Waals surface area contributed by atoms with Gasteiger partial charge in [0.05, 0.1) is 0 Å². The Morgan fingerprint density at radius 2 is 0.644 bits per heavy atom. The third kappa shape index (κ3) is 57.5. The minimum Gasteiger partial charge on any atom is -0.462 e. The van der Waals surface area contributed by atoms with Crippen molar-refractivity contribution in [2.45, 2.75) is 219 Å². The summed E-state index contributed by atoms with van der Waals surface area (Å²) in [4.78, 5) is 38.2. The Balaban J connectivity index is 4.64. The standard InChI is InChI=1S/C67H102O6/c1-4-7-10-13-16-19-22-25-28-31-34-37-39-42-45-48-51-54-57-60-66(69)72-63-64(73-67(70)61-58-55-52-49-46-43-40-36-33-30-27-24-21-18-15-12-9-6-3)62-71-65(68)59-56-53-50-47-44-41-38-35-32-29-26-23-20-17-14-11-8-5-2/h7,10,12,15-16,18-19,21,23-30,32-38,40,42,45,51,54,64H,4-6,8-9,11,13-14,17,20,22,31,39,41,43-44,46-50,52-53,55-63H2,1-3H3/b10-7-,15-12-,19-16-,21-18-,26-23-,27-24-,28-25-,32-29-,33-30-,37-34-,38-35-,40-36-,45-42-,54-51-. The topological polar surface area (TPSA) is 78.9 Å². The van der Waals surface area contributed by atoms with Gasteiger partial charge in [0.15, 0.2) is 6.10 Å². The predicted molar refractivity (Wildman–Crippen MR) is 315 cm³/mol. The fourth-order valence-electron chi connectivity index (χ4n) is 7.09. The van der Waals surface area contributed by atoms with E-state index in [4.69, 9.17) is 14.2 Å². The smallest absolute Gasteiger partial charge is 0.306 e. The van der Waals surface area contributed by atoms with E-state index < -0.39 is 6.10 Å². The molecule has 0 aromatic heterocycles. The maximum Gasteiger partial charge on any atom is 0.306 e. The van der Waals surface area contributed by atoms with Crippen LogP contribution in [0.5, 0.6) is 0 Å². The van der Waals surface area contributed by atoms with Gasteiger partial charge >= 0.3 is 17.9 Å². The number of hydrogen-bond acceptors (Lipinski definition) is 6. The maximum atomic E-state index is 12.9. The molecule has 73 heavy (non-hydrogen) atoms. The van der Waals surface area contributed by atoms with Crippen molar-refractivity contribution in [3.63, 3.8) is 0 Å². The van der Waals surface area contributed by atoms with Crippen molar-refractivity contribution in [2.75, 3.05) is 13.2 Å². The number of ether oxygens (including phenoxy) is 3. The zero-order chi connectivity index (χ0) is 52.9. The van der Waals surface area contributed by atoms with Gasteiger partial charge in [0.25, 0.3) is 0 Å². The molecule has 6 heteroatoms. The van der Waals surface area contributed by atoms with Crippen LogP contribution in [0.4, 0.5) is 0 Å². The maximum absolute atomic E-state index is 12.9. The van der Waals surface area contributed by atoms with Crippen LogP contribution in [-0.4, -0.2) is 37.2 Å². The summed E-state index contributed by atoms with van der Waals surface area (Å²) in [7, 11) is 0. The van der Waals surface area contributed by atoms with Gasteiger partial charge in [-0.05, 0) is 103 Å². The molecule has 1 unspecified atom stereocenters. The van der Waals surface area contributed by atoms with Crippen LogP contribution in [0.2, 0.25) is 0 Å². The van der Waals surface area contributed by atoms with Crippen molar-refractivity contribution in [3.8, 4) is 0 Å². The largest absolute Gasteiger partial charge is 0.462 e. The third-order valence-corrected chi connectivity index (χ3v) is 11.4. The Bertz CT molecular complexity index is 1720. The molecule has 0 rings (SSSR count). The Morgan fingerprint density at radius 3 is 1.07 bits per heavy atom. The lowest BCUT2D eigenvalue weighted by molar-refractivity contribution is -0.166. The molecule has 406 valence electrons. The van der Waals surface area contributed by atoms with E-state index in [-0.39, 0.29) is 44.0 Å². The van der Waals surface area contributed by atoms with Crippen LogP contribution >= 0.6 is 0 Å². The number of rotatable bonds is 49. The van der Waals surface area contributed by atoms with Gasteiger partial charge in [0, 0.05) is 19.3 Å². The molecule has 0 spiro atoms. The highest BCUT2D eigenvalue weighted by molar-refractivity contribution is 5.71. The highest BCUT2D eigenvalue weighted by Gasteiger charge is 2.19. The molecule has 0 radical (unpaired) electrons. The van der Waals surface area contributed by atoms with Crippen molar-refractivity contribution in [3.05, 3.63) is 170 Å². The van der Waals surface area contributed by atoms with Crippen LogP contribution in [0.25, 0.3) is 0 Å². The number of esters is 3. The second kappa shape index (κ2) is 59.3. The summed E-state index contributed by atoms with van der Waals surface area (Å²) in [5.41, 5.74) is 0. The van der Waals surface area contributed by atoms with Crippen LogP contribution < -0.4 is 0 Å². The first-order valence-electron chi connectivity index (χ1n) is 28.7. The van der Waals surface area contributed by atoms with E-state index in [1.165, 1.54) is 38.5 Å². The Kier molecular flexibility index (Phi) is 55.1. The Labute approximate surface area is 447 Å². The molecule has 1 atom stereocenters. The molecule has 0 aliphatic carbocycles. The van der Waals surface area contributed by atoms with Gasteiger partial charge in [-0.25, -0.2) is 0 Å². The number of carbonyl (C=O) groups excluding carboxylic acids is 3. The molecule has 0 N–H and O–H groups in total.